The molecule has 0 radical (unpaired) electrons. The van der Waals surface area contributed by atoms with E-state index in [9.17, 15) is 35.1 Å². The molecule has 0 bridgehead atoms. The smallest absolute Gasteiger partial charge is 0.305 e. The van der Waals surface area contributed by atoms with Crippen molar-refractivity contribution in [2.24, 2.45) is 0 Å². The van der Waals surface area contributed by atoms with Gasteiger partial charge in [-0.2, -0.15) is 0 Å². The molecular weight excluding hydrogens is 943 g/mol. The van der Waals surface area contributed by atoms with Crippen molar-refractivity contribution < 1.29 is 49.3 Å². The van der Waals surface area contributed by atoms with Crippen LogP contribution in [-0.2, 0) is 23.8 Å². The van der Waals surface area contributed by atoms with Crippen LogP contribution in [-0.4, -0.2) is 100 Å². The number of allylic oxidation sites excluding steroid dienone is 9. The van der Waals surface area contributed by atoms with Gasteiger partial charge in [0.25, 0.3) is 0 Å². The summed E-state index contributed by atoms with van der Waals surface area (Å²) in [6, 6.07) is -0.834. The van der Waals surface area contributed by atoms with Gasteiger partial charge in [-0.25, -0.2) is 0 Å². The van der Waals surface area contributed by atoms with E-state index in [1.807, 2.05) is 6.08 Å². The molecule has 1 aliphatic rings. The molecule has 0 aliphatic carbocycles. The molecule has 1 amide bonds. The van der Waals surface area contributed by atoms with Crippen LogP contribution in [0.1, 0.15) is 271 Å². The largest absolute Gasteiger partial charge is 0.466 e. The first kappa shape index (κ1) is 70.4. The first-order valence-electron chi connectivity index (χ1n) is 31.1. The summed E-state index contributed by atoms with van der Waals surface area (Å²) in [6.07, 6.45) is 59.1. The number of esters is 1. The zero-order valence-corrected chi connectivity index (χ0v) is 48.0. The van der Waals surface area contributed by atoms with Crippen LogP contribution in [0.2, 0.25) is 0 Å². The Kier molecular flexibility index (Phi) is 50.1. The topological polar surface area (TPSA) is 175 Å². The molecule has 11 heteroatoms. The Morgan fingerprint density at radius 1 is 0.493 bits per heavy atom. The van der Waals surface area contributed by atoms with Gasteiger partial charge >= 0.3 is 5.97 Å². The Balaban J connectivity index is 2.00. The molecule has 7 atom stereocenters. The molecule has 436 valence electrons. The highest BCUT2D eigenvalue weighted by molar-refractivity contribution is 5.76. The van der Waals surface area contributed by atoms with Crippen LogP contribution in [0.3, 0.4) is 0 Å². The summed E-state index contributed by atoms with van der Waals surface area (Å²) in [7, 11) is 0. The third-order valence-electron chi connectivity index (χ3n) is 14.3. The van der Waals surface area contributed by atoms with Gasteiger partial charge in [0.2, 0.25) is 5.91 Å². The number of unbranched alkanes of at least 4 members (excludes halogenated alkanes) is 31. The van der Waals surface area contributed by atoms with Gasteiger partial charge in [0.1, 0.15) is 24.4 Å². The number of aliphatic hydroxyl groups excluding tert-OH is 5. The van der Waals surface area contributed by atoms with Crippen LogP contribution in [0.5, 0.6) is 0 Å². The number of carbonyl (C=O) groups excluding carboxylic acids is 2. The summed E-state index contributed by atoms with van der Waals surface area (Å²) >= 11 is 0. The normalized spacial score (nSPS) is 19.2. The van der Waals surface area contributed by atoms with Gasteiger partial charge in [-0.05, 0) is 103 Å². The highest BCUT2D eigenvalue weighted by atomic mass is 16.7. The number of aliphatic hydroxyl groups is 5. The van der Waals surface area contributed by atoms with E-state index in [4.69, 9.17) is 14.2 Å². The molecule has 1 rings (SSSR count). The van der Waals surface area contributed by atoms with Crippen molar-refractivity contribution in [2.45, 2.75) is 314 Å². The maximum Gasteiger partial charge on any atom is 0.305 e. The monoisotopic (exact) mass is 1060 g/mol. The minimum absolute atomic E-state index is 0.0164. The van der Waals surface area contributed by atoms with Gasteiger partial charge in [-0.15, -0.1) is 0 Å². The van der Waals surface area contributed by atoms with Crippen LogP contribution in [0.4, 0.5) is 0 Å². The predicted molar refractivity (Wildman–Crippen MR) is 310 cm³/mol. The number of ether oxygens (including phenoxy) is 3. The van der Waals surface area contributed by atoms with E-state index in [0.29, 0.717) is 19.4 Å². The molecule has 6 N–H and O–H groups in total. The standard InChI is InChI=1S/C64H115NO10/c1-3-5-7-9-11-13-14-15-16-17-23-26-29-32-36-40-44-48-52-60(69)73-53-49-45-41-37-33-30-27-24-21-19-18-20-22-25-28-31-35-39-43-47-51-59(68)65-56(57(67)50-46-42-38-34-12-10-8-6-4-2)55-74-64-63(72)62(71)61(70)58(54-66)75-64/h12-14,16-18,20,34,46,50,56-58,61-64,66-67,70-72H,3-11,15,19,21-33,35-45,47-49,51-55H2,1-2H3,(H,65,68)/b14-13-,17-16-,20-18-,34-12+,50-46+. The highest BCUT2D eigenvalue weighted by Crippen LogP contribution is 2.23. The third-order valence-corrected chi connectivity index (χ3v) is 14.3. The molecule has 0 aromatic heterocycles. The van der Waals surface area contributed by atoms with Crippen molar-refractivity contribution in [3.63, 3.8) is 0 Å². The lowest BCUT2D eigenvalue weighted by atomic mass is 9.99. The summed E-state index contributed by atoms with van der Waals surface area (Å²) in [6.45, 7) is 4.24. The Morgan fingerprint density at radius 3 is 1.43 bits per heavy atom. The van der Waals surface area contributed by atoms with Crippen molar-refractivity contribution in [3.8, 4) is 0 Å². The number of hydrogen-bond acceptors (Lipinski definition) is 10. The van der Waals surface area contributed by atoms with Crippen LogP contribution < -0.4 is 5.32 Å². The van der Waals surface area contributed by atoms with E-state index >= 15 is 0 Å². The quantitative estimate of drug-likeness (QED) is 0.0195. The molecule has 0 saturated carbocycles. The Labute approximate surface area is 458 Å². The first-order valence-corrected chi connectivity index (χ1v) is 31.1. The third kappa shape index (κ3) is 43.0. The summed E-state index contributed by atoms with van der Waals surface area (Å²) in [5, 5.41) is 54.2. The lowest BCUT2D eigenvalue weighted by Gasteiger charge is -2.40. The lowest BCUT2D eigenvalue weighted by molar-refractivity contribution is -0.302. The van der Waals surface area contributed by atoms with Crippen molar-refractivity contribution in [3.05, 3.63) is 60.8 Å². The minimum atomic E-state index is -1.58. The van der Waals surface area contributed by atoms with Crippen LogP contribution in [0.25, 0.3) is 0 Å². The van der Waals surface area contributed by atoms with Gasteiger partial charge in [-0.3, -0.25) is 9.59 Å². The summed E-state index contributed by atoms with van der Waals surface area (Å²) in [5.41, 5.74) is 0. The van der Waals surface area contributed by atoms with Crippen LogP contribution in [0.15, 0.2) is 60.8 Å². The molecule has 0 spiro atoms. The average molecular weight is 1060 g/mol. The molecule has 1 heterocycles. The highest BCUT2D eigenvalue weighted by Gasteiger charge is 2.44. The molecule has 11 nitrogen and oxygen atoms in total. The molecule has 75 heavy (non-hydrogen) atoms. The van der Waals surface area contributed by atoms with E-state index in [1.54, 1.807) is 6.08 Å². The molecule has 0 aromatic rings. The zero-order chi connectivity index (χ0) is 54.5. The van der Waals surface area contributed by atoms with Crippen molar-refractivity contribution in [1.29, 1.82) is 0 Å². The van der Waals surface area contributed by atoms with E-state index in [0.717, 1.165) is 83.5 Å². The van der Waals surface area contributed by atoms with Gasteiger partial charge in [0.15, 0.2) is 6.29 Å². The van der Waals surface area contributed by atoms with Gasteiger partial charge in [0.05, 0.1) is 32.0 Å². The molecule has 1 aliphatic heterocycles. The van der Waals surface area contributed by atoms with Crippen molar-refractivity contribution in [1.82, 2.24) is 5.32 Å². The van der Waals surface area contributed by atoms with E-state index in [2.05, 4.69) is 67.8 Å². The maximum atomic E-state index is 13.0. The summed E-state index contributed by atoms with van der Waals surface area (Å²) < 4.78 is 16.7. The molecule has 7 unspecified atom stereocenters. The number of rotatable bonds is 53. The molecular formula is C64H115NO10. The van der Waals surface area contributed by atoms with E-state index in [-0.39, 0.29) is 18.5 Å². The Hall–Kier alpha value is -2.64. The second kappa shape index (κ2) is 53.4. The predicted octanol–water partition coefficient (Wildman–Crippen LogP) is 14.6. The number of hydrogen-bond donors (Lipinski definition) is 6. The maximum absolute atomic E-state index is 13.0. The minimum Gasteiger partial charge on any atom is -0.466 e. The Bertz CT molecular complexity index is 1430. The van der Waals surface area contributed by atoms with Gasteiger partial charge in [0, 0.05) is 12.8 Å². The van der Waals surface area contributed by atoms with E-state index < -0.39 is 49.5 Å². The molecule has 0 aromatic carbocycles. The number of nitrogens with one attached hydrogen (secondary N) is 1. The summed E-state index contributed by atoms with van der Waals surface area (Å²) in [4.78, 5) is 25.1. The number of amides is 1. The zero-order valence-electron chi connectivity index (χ0n) is 48.0. The second-order valence-corrected chi connectivity index (χ2v) is 21.4. The second-order valence-electron chi connectivity index (χ2n) is 21.4. The Morgan fingerprint density at radius 2 is 0.907 bits per heavy atom. The van der Waals surface area contributed by atoms with Gasteiger partial charge in [-0.1, -0.05) is 216 Å². The van der Waals surface area contributed by atoms with Crippen LogP contribution >= 0.6 is 0 Å². The van der Waals surface area contributed by atoms with Crippen LogP contribution in [0, 0.1) is 0 Å². The SMILES string of the molecule is CCCCC/C=C/CC/C=C/C(O)C(COC1OC(CO)C(O)C(O)C1O)NC(=O)CCCCCCCCC/C=C\CCCCCCCCCCCOC(=O)CCCCCCCCC/C=C\C/C=C\CCCCCC. The fourth-order valence-corrected chi connectivity index (χ4v) is 9.36. The van der Waals surface area contributed by atoms with Gasteiger partial charge < -0.3 is 45.1 Å². The average Bonchev–Trinajstić information content (AvgIpc) is 3.41. The van der Waals surface area contributed by atoms with E-state index in [1.165, 1.54) is 161 Å². The lowest BCUT2D eigenvalue weighted by Crippen LogP contribution is -2.60. The first-order chi connectivity index (χ1) is 36.7. The van der Waals surface area contributed by atoms with Crippen molar-refractivity contribution >= 4 is 11.9 Å². The van der Waals surface area contributed by atoms with Crippen molar-refractivity contribution in [2.75, 3.05) is 19.8 Å². The molecule has 1 saturated heterocycles. The molecule has 1 fully saturated rings. The fraction of sp³-hybridized carbons (Fsp3) is 0.812. The summed E-state index contributed by atoms with van der Waals surface area (Å²) in [5.74, 6) is -0.221. The fourth-order valence-electron chi connectivity index (χ4n) is 9.36. The number of carbonyl (C=O) groups is 2.